The Hall–Kier alpha value is -3.09. The van der Waals surface area contributed by atoms with E-state index in [0.29, 0.717) is 18.6 Å². The van der Waals surface area contributed by atoms with Crippen molar-refractivity contribution in [2.75, 3.05) is 6.61 Å². The van der Waals surface area contributed by atoms with Crippen LogP contribution in [0.15, 0.2) is 56.3 Å². The molecule has 0 saturated heterocycles. The lowest BCUT2D eigenvalue weighted by molar-refractivity contribution is -0.153. The number of ether oxygens (including phenoxy) is 1. The summed E-state index contributed by atoms with van der Waals surface area (Å²) in [5, 5.41) is 6.10. The van der Waals surface area contributed by atoms with Crippen LogP contribution in [0.25, 0.3) is 6.08 Å². The minimum absolute atomic E-state index is 0.0337. The van der Waals surface area contributed by atoms with Gasteiger partial charge in [-0.15, -0.1) is 0 Å². The van der Waals surface area contributed by atoms with Gasteiger partial charge in [-0.2, -0.15) is 5.10 Å². The first-order valence-electron chi connectivity index (χ1n) is 10.0. The van der Waals surface area contributed by atoms with E-state index in [9.17, 15) is 9.59 Å². The number of hydrogen-bond donors (Lipinski definition) is 0. The first-order valence-corrected chi connectivity index (χ1v) is 10.0. The van der Waals surface area contributed by atoms with Crippen molar-refractivity contribution in [1.29, 1.82) is 0 Å². The third-order valence-corrected chi connectivity index (χ3v) is 5.26. The highest BCUT2D eigenvalue weighted by Crippen LogP contribution is 2.44. The number of allylic oxidation sites excluding steroid dienone is 1. The number of hydrogen-bond acceptors (Lipinski definition) is 6. The van der Waals surface area contributed by atoms with Crippen LogP contribution < -0.4 is 0 Å². The molecular weight excluding hydrogens is 372 g/mol. The standard InChI is InChI=1S/C22H24N2O5/c1-2-6-20(26)29-14-19(25)24-22(18-10-5-12-28-18)17-9-3-7-15(21(17)23-24)13-16-8-4-11-27-16/h4-5,8,10-13,17,22H,2-3,6-7,9,14H2,1H3/b15-13-. The van der Waals surface area contributed by atoms with Gasteiger partial charge in [-0.25, -0.2) is 5.01 Å². The van der Waals surface area contributed by atoms with Gasteiger partial charge in [0.2, 0.25) is 0 Å². The Morgan fingerprint density at radius 1 is 1.28 bits per heavy atom. The summed E-state index contributed by atoms with van der Waals surface area (Å²) < 4.78 is 16.2. The molecule has 0 N–H and O–H groups in total. The van der Waals surface area contributed by atoms with Gasteiger partial charge in [0.25, 0.3) is 5.91 Å². The Labute approximate surface area is 169 Å². The van der Waals surface area contributed by atoms with Crippen LogP contribution in [0.2, 0.25) is 0 Å². The molecule has 3 heterocycles. The van der Waals surface area contributed by atoms with E-state index in [1.54, 1.807) is 18.6 Å². The van der Waals surface area contributed by atoms with Gasteiger partial charge in [-0.1, -0.05) is 6.92 Å². The maximum Gasteiger partial charge on any atom is 0.306 e. The lowest BCUT2D eigenvalue weighted by Crippen LogP contribution is -2.34. The van der Waals surface area contributed by atoms with Crippen molar-refractivity contribution >= 4 is 23.7 Å². The zero-order valence-corrected chi connectivity index (χ0v) is 16.4. The second-order valence-electron chi connectivity index (χ2n) is 7.28. The summed E-state index contributed by atoms with van der Waals surface area (Å²) in [5.41, 5.74) is 1.94. The molecule has 2 aliphatic rings. The molecule has 29 heavy (non-hydrogen) atoms. The van der Waals surface area contributed by atoms with Crippen LogP contribution in [-0.2, 0) is 14.3 Å². The van der Waals surface area contributed by atoms with E-state index in [1.165, 1.54) is 5.01 Å². The minimum Gasteiger partial charge on any atom is -0.467 e. The van der Waals surface area contributed by atoms with Crippen LogP contribution >= 0.6 is 0 Å². The number of amides is 1. The average molecular weight is 396 g/mol. The van der Waals surface area contributed by atoms with Gasteiger partial charge in [-0.05, 0) is 61.6 Å². The summed E-state index contributed by atoms with van der Waals surface area (Å²) in [6.45, 7) is 1.57. The highest BCUT2D eigenvalue weighted by molar-refractivity contribution is 6.08. The third-order valence-electron chi connectivity index (χ3n) is 5.26. The maximum absolute atomic E-state index is 12.9. The van der Waals surface area contributed by atoms with Crippen LogP contribution in [-0.4, -0.2) is 29.2 Å². The van der Waals surface area contributed by atoms with Crippen molar-refractivity contribution in [3.8, 4) is 0 Å². The molecule has 2 aromatic heterocycles. The molecule has 0 spiro atoms. The summed E-state index contributed by atoms with van der Waals surface area (Å²) in [7, 11) is 0. The topological polar surface area (TPSA) is 85.3 Å². The smallest absolute Gasteiger partial charge is 0.306 e. The number of carbonyl (C=O) groups excluding carboxylic acids is 2. The van der Waals surface area contributed by atoms with Crippen molar-refractivity contribution in [1.82, 2.24) is 5.01 Å². The van der Waals surface area contributed by atoms with E-state index in [2.05, 4.69) is 5.10 Å². The summed E-state index contributed by atoms with van der Waals surface area (Å²) in [6, 6.07) is 7.07. The molecule has 0 aromatic carbocycles. The number of carbonyl (C=O) groups is 2. The van der Waals surface area contributed by atoms with E-state index in [-0.39, 0.29) is 30.4 Å². The van der Waals surface area contributed by atoms with Gasteiger partial charge in [0.15, 0.2) is 6.61 Å². The summed E-state index contributed by atoms with van der Waals surface area (Å²) in [6.07, 6.45) is 8.95. The highest BCUT2D eigenvalue weighted by Gasteiger charge is 2.45. The Bertz CT molecular complexity index is 911. The number of nitrogens with zero attached hydrogens (tertiary/aromatic N) is 2. The third kappa shape index (κ3) is 4.04. The summed E-state index contributed by atoms with van der Waals surface area (Å²) in [5.74, 6) is 0.747. The van der Waals surface area contributed by atoms with Gasteiger partial charge in [-0.3, -0.25) is 9.59 Å². The number of hydrazone groups is 1. The molecule has 0 radical (unpaired) electrons. The first kappa shape index (κ1) is 19.2. The molecule has 1 aliphatic carbocycles. The normalized spacial score (nSPS) is 22.4. The van der Waals surface area contributed by atoms with E-state index in [4.69, 9.17) is 13.6 Å². The lowest BCUT2D eigenvalue weighted by Gasteiger charge is -2.27. The second-order valence-corrected chi connectivity index (χ2v) is 7.28. The molecule has 152 valence electrons. The molecule has 2 aromatic rings. The zero-order chi connectivity index (χ0) is 20.2. The van der Waals surface area contributed by atoms with E-state index >= 15 is 0 Å². The number of furan rings is 2. The van der Waals surface area contributed by atoms with Crippen LogP contribution in [0.3, 0.4) is 0 Å². The summed E-state index contributed by atoms with van der Waals surface area (Å²) in [4.78, 5) is 24.6. The fraction of sp³-hybridized carbons (Fsp3) is 0.409. The lowest BCUT2D eigenvalue weighted by atomic mass is 9.79. The molecule has 1 aliphatic heterocycles. The molecule has 1 fully saturated rings. The Morgan fingerprint density at radius 3 is 2.83 bits per heavy atom. The maximum atomic E-state index is 12.9. The molecule has 4 rings (SSSR count). The van der Waals surface area contributed by atoms with E-state index < -0.39 is 0 Å². The van der Waals surface area contributed by atoms with Gasteiger partial charge >= 0.3 is 5.97 Å². The van der Waals surface area contributed by atoms with Crippen molar-refractivity contribution in [2.45, 2.75) is 45.1 Å². The molecule has 7 nitrogen and oxygen atoms in total. The SMILES string of the molecule is CCCC(=O)OCC(=O)N1N=C2/C(=C\c3ccco3)CCCC2C1c1ccco1. The second kappa shape index (κ2) is 8.51. The van der Waals surface area contributed by atoms with Crippen molar-refractivity contribution in [3.63, 3.8) is 0 Å². The first-order chi connectivity index (χ1) is 14.2. The fourth-order valence-corrected chi connectivity index (χ4v) is 3.97. The number of rotatable bonds is 6. The quantitative estimate of drug-likeness (QED) is 0.678. The van der Waals surface area contributed by atoms with Crippen molar-refractivity contribution in [2.24, 2.45) is 11.0 Å². The van der Waals surface area contributed by atoms with Crippen LogP contribution in [0.5, 0.6) is 0 Å². The monoisotopic (exact) mass is 396 g/mol. The fourth-order valence-electron chi connectivity index (χ4n) is 3.97. The predicted molar refractivity (Wildman–Crippen MR) is 106 cm³/mol. The Kier molecular flexibility index (Phi) is 5.64. The Morgan fingerprint density at radius 2 is 2.10 bits per heavy atom. The molecule has 1 saturated carbocycles. The van der Waals surface area contributed by atoms with Crippen LogP contribution in [0.1, 0.15) is 56.6 Å². The average Bonchev–Trinajstić information content (AvgIpc) is 3.46. The van der Waals surface area contributed by atoms with Gasteiger partial charge < -0.3 is 13.6 Å². The largest absolute Gasteiger partial charge is 0.467 e. The highest BCUT2D eigenvalue weighted by atomic mass is 16.5. The van der Waals surface area contributed by atoms with E-state index in [1.807, 2.05) is 31.2 Å². The number of esters is 1. The van der Waals surface area contributed by atoms with E-state index in [0.717, 1.165) is 36.3 Å². The van der Waals surface area contributed by atoms with Crippen molar-refractivity contribution in [3.05, 3.63) is 53.9 Å². The molecule has 7 heteroatoms. The van der Waals surface area contributed by atoms with Gasteiger partial charge in [0.1, 0.15) is 17.6 Å². The minimum atomic E-state index is -0.377. The molecular formula is C22H24N2O5. The molecule has 2 unspecified atom stereocenters. The molecule has 0 bridgehead atoms. The predicted octanol–water partition coefficient (Wildman–Crippen LogP) is 4.34. The molecule has 2 atom stereocenters. The molecule has 1 amide bonds. The zero-order valence-electron chi connectivity index (χ0n) is 16.4. The number of fused-ring (bicyclic) bond motifs is 1. The Balaban J connectivity index is 1.61. The van der Waals surface area contributed by atoms with Crippen LogP contribution in [0, 0.1) is 5.92 Å². The summed E-state index contributed by atoms with van der Waals surface area (Å²) >= 11 is 0. The van der Waals surface area contributed by atoms with Gasteiger partial charge in [0.05, 0.1) is 18.2 Å². The van der Waals surface area contributed by atoms with Gasteiger partial charge in [0, 0.05) is 12.3 Å². The van der Waals surface area contributed by atoms with Crippen molar-refractivity contribution < 1.29 is 23.2 Å². The van der Waals surface area contributed by atoms with Crippen LogP contribution in [0.4, 0.5) is 0 Å².